The van der Waals surface area contributed by atoms with Gasteiger partial charge in [0.25, 0.3) is 0 Å². The van der Waals surface area contributed by atoms with E-state index in [0.717, 1.165) is 19.3 Å². The van der Waals surface area contributed by atoms with Gasteiger partial charge in [0.2, 0.25) is 0 Å². The molecule has 0 aromatic heterocycles. The zero-order chi connectivity index (χ0) is 8.20. The topological polar surface area (TPSA) is 37.3 Å². The van der Waals surface area contributed by atoms with Crippen molar-refractivity contribution < 1.29 is 9.90 Å². The molecule has 0 bridgehead atoms. The molecule has 0 unspecified atom stereocenters. The van der Waals surface area contributed by atoms with Gasteiger partial charge in [-0.25, -0.2) is 0 Å². The monoisotopic (exact) mass is 184 g/mol. The van der Waals surface area contributed by atoms with Crippen LogP contribution in [0.5, 0.6) is 0 Å². The van der Waals surface area contributed by atoms with E-state index < -0.39 is 11.4 Å². The van der Waals surface area contributed by atoms with Crippen LogP contribution in [0.3, 0.4) is 0 Å². The average Bonchev–Trinajstić information content (AvgIpc) is 1.92. The molecule has 0 rings (SSSR count). The Kier molecular flexibility index (Phi) is 8.78. The summed E-state index contributed by atoms with van der Waals surface area (Å²) in [5, 5.41) is 8.82. The zero-order valence-corrected chi connectivity index (χ0v) is 6.98. The Bertz CT molecular complexity index is 111. The molecule has 0 aliphatic rings. The molecule has 3 heteroatoms. The number of hydrogen-bond donors (Lipinski definition) is 1. The van der Waals surface area contributed by atoms with E-state index in [2.05, 4.69) is 0 Å². The first-order valence-corrected chi connectivity index (χ1v) is 3.86. The first-order valence-electron chi connectivity index (χ1n) is 3.86. The molecule has 62 valence electrons. The number of hydrogen-bond acceptors (Lipinski definition) is 1. The Morgan fingerprint density at radius 1 is 1.18 bits per heavy atom. The molecule has 0 aromatic carbocycles. The second-order valence-corrected chi connectivity index (χ2v) is 2.65. The predicted octanol–water partition coefficient (Wildman–Crippen LogP) is 1.64. The van der Waals surface area contributed by atoms with Crippen molar-refractivity contribution in [1.29, 1.82) is 0 Å². The van der Waals surface area contributed by atoms with Gasteiger partial charge in [-0.2, -0.15) is 0 Å². The summed E-state index contributed by atoms with van der Waals surface area (Å²) in [6.45, 7) is 5.80. The molecule has 0 atom stereocenters. The number of carboxylic acid groups (broad SMARTS) is 1. The Morgan fingerprint density at radius 2 is 1.45 bits per heavy atom. The van der Waals surface area contributed by atoms with E-state index in [-0.39, 0.29) is 51.4 Å². The van der Waals surface area contributed by atoms with E-state index in [0.29, 0.717) is 0 Å². The molecule has 0 aliphatic heterocycles. The first kappa shape index (κ1) is 14.6. The summed E-state index contributed by atoms with van der Waals surface area (Å²) in [4.78, 5) is 10.7. The fraction of sp³-hybridized carbons (Fsp3) is 0.875. The average molecular weight is 184 g/mol. The molecule has 1 N–H and O–H groups in total. The maximum atomic E-state index is 10.7. The van der Waals surface area contributed by atoms with Crippen LogP contribution in [0, 0.1) is 5.41 Å². The van der Waals surface area contributed by atoms with Gasteiger partial charge < -0.3 is 5.11 Å². The van der Waals surface area contributed by atoms with Gasteiger partial charge in [-0.3, -0.25) is 4.79 Å². The Labute approximate surface area is 111 Å². The van der Waals surface area contributed by atoms with Gasteiger partial charge in [0.05, 0.1) is 5.41 Å². The summed E-state index contributed by atoms with van der Waals surface area (Å²) in [7, 11) is 0. The first-order chi connectivity index (χ1) is 4.63. The Hall–Kier alpha value is 1.11. The minimum atomic E-state index is -0.653. The fourth-order valence-electron chi connectivity index (χ4n) is 1.20. The molecule has 0 spiro atoms. The molecule has 0 saturated carbocycles. The van der Waals surface area contributed by atoms with Crippen molar-refractivity contribution in [2.24, 2.45) is 5.41 Å². The van der Waals surface area contributed by atoms with Crippen molar-refractivity contribution in [1.82, 2.24) is 0 Å². The molecule has 0 saturated heterocycles. The van der Waals surface area contributed by atoms with Gasteiger partial charge in [0.15, 0.2) is 0 Å². The number of aliphatic carboxylic acids is 1. The van der Waals surface area contributed by atoms with E-state index in [1.54, 1.807) is 0 Å². The van der Waals surface area contributed by atoms with Crippen molar-refractivity contribution in [2.75, 3.05) is 0 Å². The van der Waals surface area contributed by atoms with Crippen molar-refractivity contribution in [3.63, 3.8) is 0 Å². The van der Waals surface area contributed by atoms with Crippen molar-refractivity contribution in [3.05, 3.63) is 0 Å². The Balaban J connectivity index is 0. The number of rotatable bonds is 4. The summed E-state index contributed by atoms with van der Waals surface area (Å²) in [5.41, 5.74) is -0.458. The van der Waals surface area contributed by atoms with Crippen molar-refractivity contribution >= 4 is 57.4 Å². The van der Waals surface area contributed by atoms with Gasteiger partial charge in [-0.05, 0) is 19.3 Å². The molecule has 0 fully saturated rings. The molecule has 0 amide bonds. The molecule has 0 radical (unpaired) electrons. The molecule has 0 heterocycles. The summed E-state index contributed by atoms with van der Waals surface area (Å²) >= 11 is 0. The standard InChI is InChI=1S/C8H16O2.K.H/c1-4-8(5-2,6-3)7(9)10;;/h4-6H2,1-3H3,(H,9,10);;. The van der Waals surface area contributed by atoms with Crippen LogP contribution in [-0.2, 0) is 4.79 Å². The van der Waals surface area contributed by atoms with Gasteiger partial charge in [-0.1, -0.05) is 20.8 Å². The third kappa shape index (κ3) is 3.55. The van der Waals surface area contributed by atoms with E-state index in [1.807, 2.05) is 20.8 Å². The third-order valence-electron chi connectivity index (χ3n) is 2.48. The summed E-state index contributed by atoms with van der Waals surface area (Å²) < 4.78 is 0. The molecular weight excluding hydrogens is 167 g/mol. The van der Waals surface area contributed by atoms with E-state index in [4.69, 9.17) is 5.11 Å². The van der Waals surface area contributed by atoms with Crippen LogP contribution in [0.25, 0.3) is 0 Å². The summed E-state index contributed by atoms with van der Waals surface area (Å²) in [5.74, 6) is -0.653. The third-order valence-corrected chi connectivity index (χ3v) is 2.48. The van der Waals surface area contributed by atoms with Gasteiger partial charge in [0.1, 0.15) is 0 Å². The molecule has 2 nitrogen and oxygen atoms in total. The second-order valence-electron chi connectivity index (χ2n) is 2.65. The van der Waals surface area contributed by atoms with Crippen molar-refractivity contribution in [3.8, 4) is 0 Å². The normalized spacial score (nSPS) is 10.5. The molecular formula is C8H17KO2. The second kappa shape index (κ2) is 6.60. The van der Waals surface area contributed by atoms with Crippen LogP contribution in [-0.4, -0.2) is 62.5 Å². The van der Waals surface area contributed by atoms with Crippen LogP contribution in [0.2, 0.25) is 0 Å². The van der Waals surface area contributed by atoms with Crippen LogP contribution >= 0.6 is 0 Å². The van der Waals surface area contributed by atoms with Gasteiger partial charge in [-0.15, -0.1) is 0 Å². The molecule has 11 heavy (non-hydrogen) atoms. The van der Waals surface area contributed by atoms with Gasteiger partial charge in [0, 0.05) is 0 Å². The van der Waals surface area contributed by atoms with E-state index in [1.165, 1.54) is 0 Å². The fourth-order valence-corrected chi connectivity index (χ4v) is 1.20. The Morgan fingerprint density at radius 3 is 1.45 bits per heavy atom. The van der Waals surface area contributed by atoms with E-state index in [9.17, 15) is 4.79 Å². The SMILES string of the molecule is CCC(CC)(CC)C(=O)O.[KH]. The number of carboxylic acids is 1. The molecule has 0 aromatic rings. The van der Waals surface area contributed by atoms with Crippen LogP contribution in [0.1, 0.15) is 40.0 Å². The summed E-state index contributed by atoms with van der Waals surface area (Å²) in [6, 6.07) is 0. The van der Waals surface area contributed by atoms with Crippen molar-refractivity contribution in [2.45, 2.75) is 40.0 Å². The van der Waals surface area contributed by atoms with E-state index >= 15 is 0 Å². The quantitative estimate of drug-likeness (QED) is 0.674. The minimum absolute atomic E-state index is 0. The predicted molar refractivity (Wildman–Crippen MR) is 48.1 cm³/mol. The number of carbonyl (C=O) groups is 1. The van der Waals surface area contributed by atoms with Crippen LogP contribution in [0.15, 0.2) is 0 Å². The van der Waals surface area contributed by atoms with Crippen LogP contribution in [0.4, 0.5) is 0 Å². The maximum absolute atomic E-state index is 10.7. The zero-order valence-electron chi connectivity index (χ0n) is 6.98. The summed E-state index contributed by atoms with van der Waals surface area (Å²) in [6.07, 6.45) is 2.19. The van der Waals surface area contributed by atoms with Crippen LogP contribution < -0.4 is 0 Å². The molecule has 0 aliphatic carbocycles. The van der Waals surface area contributed by atoms with Gasteiger partial charge >= 0.3 is 57.4 Å².